The van der Waals surface area contributed by atoms with E-state index < -0.39 is 0 Å². The number of fused-ring (bicyclic) bond motifs is 7. The Morgan fingerprint density at radius 3 is 1.75 bits per heavy atom. The van der Waals surface area contributed by atoms with Crippen molar-refractivity contribution in [1.29, 1.82) is 0 Å². The molecule has 0 amide bonds. The van der Waals surface area contributed by atoms with Gasteiger partial charge in [0.05, 0.1) is 0 Å². The molecule has 0 atom stereocenters. The molecule has 0 aliphatic rings. The number of anilines is 3. The van der Waals surface area contributed by atoms with E-state index in [-0.39, 0.29) is 0 Å². The normalized spacial score (nSPS) is 11.6. The van der Waals surface area contributed by atoms with E-state index in [0.717, 1.165) is 94.1 Å². The van der Waals surface area contributed by atoms with Gasteiger partial charge in [0.1, 0.15) is 22.3 Å². The minimum atomic E-state index is 0.590. The van der Waals surface area contributed by atoms with Gasteiger partial charge in [0.15, 0.2) is 17.5 Å². The van der Waals surface area contributed by atoms with Gasteiger partial charge >= 0.3 is 0 Å². The van der Waals surface area contributed by atoms with Crippen LogP contribution in [0.3, 0.4) is 0 Å². The summed E-state index contributed by atoms with van der Waals surface area (Å²) in [4.78, 5) is 17.5. The first-order valence-electron chi connectivity index (χ1n) is 20.3. The zero-order valence-electron chi connectivity index (χ0n) is 32.7. The third-order valence-corrected chi connectivity index (χ3v) is 11.5. The van der Waals surface area contributed by atoms with E-state index in [2.05, 4.69) is 144 Å². The second-order valence-electron chi connectivity index (χ2n) is 15.2. The second-order valence-corrected chi connectivity index (χ2v) is 15.2. The maximum absolute atomic E-state index is 6.60. The number of benzene rings is 9. The molecule has 9 aromatic carbocycles. The summed E-state index contributed by atoms with van der Waals surface area (Å²) >= 11 is 0. The van der Waals surface area contributed by atoms with Gasteiger partial charge in [-0.3, -0.25) is 0 Å². The van der Waals surface area contributed by atoms with Crippen molar-refractivity contribution in [1.82, 2.24) is 15.0 Å². The largest absolute Gasteiger partial charge is 0.456 e. The van der Waals surface area contributed by atoms with Crippen molar-refractivity contribution in [2.45, 2.75) is 0 Å². The van der Waals surface area contributed by atoms with Crippen molar-refractivity contribution in [2.24, 2.45) is 0 Å². The maximum Gasteiger partial charge on any atom is 0.164 e. The van der Waals surface area contributed by atoms with Crippen molar-refractivity contribution in [3.05, 3.63) is 206 Å². The van der Waals surface area contributed by atoms with Crippen molar-refractivity contribution < 1.29 is 8.83 Å². The van der Waals surface area contributed by atoms with E-state index in [9.17, 15) is 0 Å². The van der Waals surface area contributed by atoms with Crippen LogP contribution in [0.25, 0.3) is 99.9 Å². The molecule has 0 aliphatic carbocycles. The van der Waals surface area contributed by atoms with Gasteiger partial charge < -0.3 is 13.7 Å². The van der Waals surface area contributed by atoms with E-state index in [1.165, 1.54) is 5.39 Å². The van der Waals surface area contributed by atoms with Crippen molar-refractivity contribution in [2.75, 3.05) is 4.90 Å². The number of para-hydroxylation sites is 2. The number of nitrogens with zero attached hydrogens (tertiary/aromatic N) is 4. The monoisotopic (exact) mass is 782 g/mol. The first-order chi connectivity index (χ1) is 30.2. The van der Waals surface area contributed by atoms with Crippen LogP contribution in [-0.4, -0.2) is 15.0 Å². The predicted octanol–water partition coefficient (Wildman–Crippen LogP) is 15.0. The molecule has 61 heavy (non-hydrogen) atoms. The second kappa shape index (κ2) is 14.2. The summed E-state index contributed by atoms with van der Waals surface area (Å²) in [5, 5.41) is 6.48. The van der Waals surface area contributed by atoms with Crippen LogP contribution in [0.4, 0.5) is 17.1 Å². The highest BCUT2D eigenvalue weighted by Crippen LogP contribution is 2.41. The molecule has 0 spiro atoms. The number of furan rings is 2. The Morgan fingerprint density at radius 1 is 0.311 bits per heavy atom. The lowest BCUT2D eigenvalue weighted by atomic mass is 10.0. The molecule has 0 N–H and O–H groups in total. The Labute approximate surface area is 350 Å². The molecule has 0 saturated heterocycles. The van der Waals surface area contributed by atoms with E-state index in [0.29, 0.717) is 17.5 Å². The van der Waals surface area contributed by atoms with Gasteiger partial charge in [-0.05, 0) is 88.6 Å². The fourth-order valence-corrected chi connectivity index (χ4v) is 8.54. The molecule has 3 aromatic heterocycles. The van der Waals surface area contributed by atoms with Crippen LogP contribution < -0.4 is 4.90 Å². The van der Waals surface area contributed by atoms with Crippen LogP contribution in [0.15, 0.2) is 215 Å². The zero-order valence-corrected chi connectivity index (χ0v) is 32.7. The lowest BCUT2D eigenvalue weighted by molar-refractivity contribution is 0.668. The molecule has 0 saturated carbocycles. The van der Waals surface area contributed by atoms with Gasteiger partial charge in [-0.25, -0.2) is 15.0 Å². The molecule has 12 rings (SSSR count). The van der Waals surface area contributed by atoms with Gasteiger partial charge in [-0.1, -0.05) is 133 Å². The van der Waals surface area contributed by atoms with Crippen LogP contribution in [-0.2, 0) is 0 Å². The molecular weight excluding hydrogens is 749 g/mol. The Balaban J connectivity index is 0.928. The molecule has 6 heteroatoms. The number of hydrogen-bond donors (Lipinski definition) is 0. The number of aromatic nitrogens is 3. The van der Waals surface area contributed by atoms with Gasteiger partial charge in [0, 0.05) is 61.4 Å². The molecule has 0 radical (unpaired) electrons. The van der Waals surface area contributed by atoms with Crippen LogP contribution in [0.1, 0.15) is 0 Å². The van der Waals surface area contributed by atoms with E-state index in [4.69, 9.17) is 23.8 Å². The summed E-state index contributed by atoms with van der Waals surface area (Å²) in [6, 6.07) is 71.0. The van der Waals surface area contributed by atoms with Crippen LogP contribution in [0.5, 0.6) is 0 Å². The highest BCUT2D eigenvalue weighted by Gasteiger charge is 2.20. The number of rotatable bonds is 7. The quantitative estimate of drug-likeness (QED) is 0.160. The van der Waals surface area contributed by atoms with Crippen LogP contribution in [0, 0.1) is 0 Å². The van der Waals surface area contributed by atoms with Gasteiger partial charge in [-0.15, -0.1) is 0 Å². The molecule has 12 aromatic rings. The fraction of sp³-hybridized carbons (Fsp3) is 0. The predicted molar refractivity (Wildman–Crippen MR) is 248 cm³/mol. The standard InChI is InChI=1S/C55H34N4O2/c1-3-13-37(14-4-1)53-56-54(40-23-22-35-12-7-8-15-38(35)32-40)58-55(57-53)47-19-11-21-49-52(47)46-30-26-39(33-50(46)61-49)36-24-27-42(28-25-36)59(41-16-5-2-6-17-41)43-29-31-45-44-18-9-10-20-48(44)60-51(45)34-43/h1-34H. The lowest BCUT2D eigenvalue weighted by Crippen LogP contribution is -2.09. The Bertz CT molecular complexity index is 3590. The summed E-state index contributed by atoms with van der Waals surface area (Å²) in [5.74, 6) is 1.82. The molecule has 6 nitrogen and oxygen atoms in total. The average Bonchev–Trinajstić information content (AvgIpc) is 3.90. The summed E-state index contributed by atoms with van der Waals surface area (Å²) in [5.41, 5.74) is 11.3. The van der Waals surface area contributed by atoms with Crippen LogP contribution >= 0.6 is 0 Å². The van der Waals surface area contributed by atoms with Gasteiger partial charge in [0.2, 0.25) is 0 Å². The van der Waals surface area contributed by atoms with E-state index >= 15 is 0 Å². The van der Waals surface area contributed by atoms with Crippen molar-refractivity contribution in [3.8, 4) is 45.3 Å². The average molecular weight is 783 g/mol. The Kier molecular flexibility index (Phi) is 8.06. The fourth-order valence-electron chi connectivity index (χ4n) is 8.54. The minimum Gasteiger partial charge on any atom is -0.456 e. The Morgan fingerprint density at radius 2 is 0.902 bits per heavy atom. The van der Waals surface area contributed by atoms with Crippen molar-refractivity contribution >= 4 is 71.7 Å². The highest BCUT2D eigenvalue weighted by atomic mass is 16.3. The lowest BCUT2D eigenvalue weighted by Gasteiger charge is -2.25. The smallest absolute Gasteiger partial charge is 0.164 e. The SMILES string of the molecule is c1ccc(-c2nc(-c3ccc4ccccc4c3)nc(-c3cccc4oc5cc(-c6ccc(N(c7ccccc7)c7ccc8c(c7)oc7ccccc78)cc6)ccc5c34)n2)cc1. The third kappa shape index (κ3) is 6.09. The van der Waals surface area contributed by atoms with E-state index in [1.54, 1.807) is 0 Å². The molecular formula is C55H34N4O2. The molecule has 0 fully saturated rings. The van der Waals surface area contributed by atoms with Gasteiger partial charge in [0.25, 0.3) is 0 Å². The molecule has 0 unspecified atom stereocenters. The molecule has 0 aliphatic heterocycles. The first-order valence-corrected chi connectivity index (χ1v) is 20.3. The highest BCUT2D eigenvalue weighted by molar-refractivity contribution is 6.12. The van der Waals surface area contributed by atoms with Crippen molar-refractivity contribution in [3.63, 3.8) is 0 Å². The summed E-state index contributed by atoms with van der Waals surface area (Å²) < 4.78 is 12.9. The number of hydrogen-bond acceptors (Lipinski definition) is 6. The first kappa shape index (κ1) is 34.7. The zero-order chi connectivity index (χ0) is 40.3. The Hall–Kier alpha value is -8.35. The third-order valence-electron chi connectivity index (χ3n) is 11.5. The topological polar surface area (TPSA) is 68.2 Å². The summed E-state index contributed by atoms with van der Waals surface area (Å²) in [6.07, 6.45) is 0. The molecule has 286 valence electrons. The molecule has 0 bridgehead atoms. The summed E-state index contributed by atoms with van der Waals surface area (Å²) in [6.45, 7) is 0. The van der Waals surface area contributed by atoms with Crippen LogP contribution in [0.2, 0.25) is 0 Å². The molecule has 3 heterocycles. The van der Waals surface area contributed by atoms with Gasteiger partial charge in [-0.2, -0.15) is 0 Å². The maximum atomic E-state index is 6.60. The minimum absolute atomic E-state index is 0.590. The summed E-state index contributed by atoms with van der Waals surface area (Å²) in [7, 11) is 0. The van der Waals surface area contributed by atoms with E-state index in [1.807, 2.05) is 66.7 Å².